The highest BCUT2D eigenvalue weighted by molar-refractivity contribution is 5.66. The minimum absolute atomic E-state index is 0.781. The van der Waals surface area contributed by atoms with Gasteiger partial charge in [-0.25, -0.2) is 0 Å². The van der Waals surface area contributed by atoms with Crippen LogP contribution in [0.25, 0.3) is 0 Å². The molecule has 0 radical (unpaired) electrons. The summed E-state index contributed by atoms with van der Waals surface area (Å²) in [5.41, 5.74) is 10.1. The van der Waals surface area contributed by atoms with Gasteiger partial charge in [-0.2, -0.15) is 0 Å². The van der Waals surface area contributed by atoms with Crippen molar-refractivity contribution in [2.45, 2.75) is 19.8 Å². The molecule has 0 fully saturated rings. The minimum Gasteiger partial charge on any atom is -0.399 e. The van der Waals surface area contributed by atoms with Crippen molar-refractivity contribution in [2.24, 2.45) is 0 Å². The molecule has 0 aliphatic carbocycles. The Morgan fingerprint density at radius 1 is 1.06 bits per heavy atom. The van der Waals surface area contributed by atoms with Crippen LogP contribution in [0.3, 0.4) is 0 Å². The van der Waals surface area contributed by atoms with Crippen LogP contribution in [0.2, 0.25) is 0 Å². The second kappa shape index (κ2) is 5.39. The molecule has 0 saturated heterocycles. The Labute approximate surface area is 102 Å². The van der Waals surface area contributed by atoms with Crippen LogP contribution < -0.4 is 11.1 Å². The fourth-order valence-corrected chi connectivity index (χ4v) is 1.90. The maximum absolute atomic E-state index is 5.77. The van der Waals surface area contributed by atoms with Crippen molar-refractivity contribution in [3.05, 3.63) is 54.1 Å². The van der Waals surface area contributed by atoms with Crippen molar-refractivity contribution in [1.29, 1.82) is 0 Å². The summed E-state index contributed by atoms with van der Waals surface area (Å²) in [5, 5.41) is 3.42. The Bertz CT molecular complexity index is 492. The molecule has 0 aliphatic rings. The number of nitrogens with two attached hydrogens (primary N) is 1. The maximum atomic E-state index is 5.77. The monoisotopic (exact) mass is 226 g/mol. The lowest BCUT2D eigenvalue weighted by Crippen LogP contribution is -1.96. The minimum atomic E-state index is 0.781. The van der Waals surface area contributed by atoms with Crippen molar-refractivity contribution in [2.75, 3.05) is 11.1 Å². The fraction of sp³-hybridized carbons (Fsp3) is 0.200. The first-order valence-electron chi connectivity index (χ1n) is 6.00. The summed E-state index contributed by atoms with van der Waals surface area (Å²) in [4.78, 5) is 0. The summed E-state index contributed by atoms with van der Waals surface area (Å²) < 4.78 is 0. The molecule has 0 atom stereocenters. The molecular formula is C15H18N2. The van der Waals surface area contributed by atoms with Gasteiger partial charge in [-0.1, -0.05) is 37.6 Å². The van der Waals surface area contributed by atoms with Gasteiger partial charge in [-0.3, -0.25) is 0 Å². The van der Waals surface area contributed by atoms with E-state index in [9.17, 15) is 0 Å². The van der Waals surface area contributed by atoms with Crippen LogP contribution in [0, 0.1) is 0 Å². The van der Waals surface area contributed by atoms with Crippen LogP contribution >= 0.6 is 0 Å². The highest BCUT2D eigenvalue weighted by Gasteiger charge is 2.01. The first-order chi connectivity index (χ1) is 8.29. The second-order valence-electron chi connectivity index (χ2n) is 4.16. The Kier molecular flexibility index (Phi) is 3.66. The van der Waals surface area contributed by atoms with Crippen LogP contribution in [-0.2, 0) is 6.42 Å². The molecule has 3 N–H and O–H groups in total. The standard InChI is InChI=1S/C15H18N2/c1-2-6-12-7-3-4-10-15(12)17-14-9-5-8-13(16)11-14/h3-5,7-11,17H,2,6,16H2,1H3. The number of nitrogens with one attached hydrogen (secondary N) is 1. The van der Waals surface area contributed by atoms with Gasteiger partial charge in [0.05, 0.1) is 0 Å². The summed E-state index contributed by atoms with van der Waals surface area (Å²) in [6.45, 7) is 2.19. The van der Waals surface area contributed by atoms with E-state index in [1.54, 1.807) is 0 Å². The van der Waals surface area contributed by atoms with Crippen LogP contribution in [0.1, 0.15) is 18.9 Å². The van der Waals surface area contributed by atoms with E-state index in [0.717, 1.165) is 24.2 Å². The molecule has 17 heavy (non-hydrogen) atoms. The van der Waals surface area contributed by atoms with E-state index in [2.05, 4.69) is 30.4 Å². The summed E-state index contributed by atoms with van der Waals surface area (Å²) >= 11 is 0. The quantitative estimate of drug-likeness (QED) is 0.774. The molecule has 0 saturated carbocycles. The van der Waals surface area contributed by atoms with E-state index >= 15 is 0 Å². The maximum Gasteiger partial charge on any atom is 0.0416 e. The van der Waals surface area contributed by atoms with Crippen LogP contribution in [0.15, 0.2) is 48.5 Å². The van der Waals surface area contributed by atoms with Crippen molar-refractivity contribution in [3.8, 4) is 0 Å². The van der Waals surface area contributed by atoms with Crippen molar-refractivity contribution in [3.63, 3.8) is 0 Å². The number of nitrogen functional groups attached to an aromatic ring is 1. The molecule has 0 unspecified atom stereocenters. The zero-order valence-electron chi connectivity index (χ0n) is 10.1. The third-order valence-corrected chi connectivity index (χ3v) is 2.70. The number of hydrogen-bond donors (Lipinski definition) is 2. The summed E-state index contributed by atoms with van der Waals surface area (Å²) in [6.07, 6.45) is 2.24. The van der Waals surface area contributed by atoms with Crippen LogP contribution in [0.5, 0.6) is 0 Å². The Morgan fingerprint density at radius 3 is 2.65 bits per heavy atom. The number of aryl methyl sites for hydroxylation is 1. The van der Waals surface area contributed by atoms with Gasteiger partial charge >= 0.3 is 0 Å². The fourth-order valence-electron chi connectivity index (χ4n) is 1.90. The van der Waals surface area contributed by atoms with E-state index in [-0.39, 0.29) is 0 Å². The van der Waals surface area contributed by atoms with E-state index < -0.39 is 0 Å². The number of rotatable bonds is 4. The van der Waals surface area contributed by atoms with E-state index in [0.29, 0.717) is 0 Å². The van der Waals surface area contributed by atoms with Gasteiger partial charge in [0.1, 0.15) is 0 Å². The Morgan fingerprint density at radius 2 is 1.88 bits per heavy atom. The summed E-state index contributed by atoms with van der Waals surface area (Å²) in [7, 11) is 0. The lowest BCUT2D eigenvalue weighted by Gasteiger charge is -2.11. The molecule has 2 aromatic carbocycles. The first kappa shape index (κ1) is 11.5. The molecule has 0 amide bonds. The van der Waals surface area contributed by atoms with E-state index in [1.807, 2.05) is 30.3 Å². The SMILES string of the molecule is CCCc1ccccc1Nc1cccc(N)c1. The van der Waals surface area contributed by atoms with Gasteiger partial charge in [0.2, 0.25) is 0 Å². The molecule has 2 nitrogen and oxygen atoms in total. The largest absolute Gasteiger partial charge is 0.399 e. The number of hydrogen-bond acceptors (Lipinski definition) is 2. The van der Waals surface area contributed by atoms with Crippen molar-refractivity contribution < 1.29 is 0 Å². The topological polar surface area (TPSA) is 38.0 Å². The highest BCUT2D eigenvalue weighted by Crippen LogP contribution is 2.23. The molecule has 88 valence electrons. The Balaban J connectivity index is 2.23. The number of anilines is 3. The lowest BCUT2D eigenvalue weighted by atomic mass is 10.1. The zero-order chi connectivity index (χ0) is 12.1. The summed E-state index contributed by atoms with van der Waals surface area (Å²) in [5.74, 6) is 0. The second-order valence-corrected chi connectivity index (χ2v) is 4.16. The normalized spacial score (nSPS) is 10.2. The van der Waals surface area contributed by atoms with Crippen molar-refractivity contribution >= 4 is 17.1 Å². The average molecular weight is 226 g/mol. The zero-order valence-corrected chi connectivity index (χ0v) is 10.1. The van der Waals surface area contributed by atoms with Gasteiger partial charge in [0, 0.05) is 17.1 Å². The highest BCUT2D eigenvalue weighted by atomic mass is 14.9. The predicted octanol–water partition coefficient (Wildman–Crippen LogP) is 3.96. The molecule has 0 heterocycles. The lowest BCUT2D eigenvalue weighted by molar-refractivity contribution is 0.923. The van der Waals surface area contributed by atoms with Gasteiger partial charge < -0.3 is 11.1 Å². The molecule has 0 bridgehead atoms. The van der Waals surface area contributed by atoms with Crippen molar-refractivity contribution in [1.82, 2.24) is 0 Å². The third kappa shape index (κ3) is 3.00. The molecule has 0 spiro atoms. The average Bonchev–Trinajstić information content (AvgIpc) is 2.32. The molecule has 2 aromatic rings. The van der Waals surface area contributed by atoms with Gasteiger partial charge in [-0.15, -0.1) is 0 Å². The summed E-state index contributed by atoms with van der Waals surface area (Å²) in [6, 6.07) is 16.2. The van der Waals surface area contributed by atoms with Gasteiger partial charge in [0.15, 0.2) is 0 Å². The Hall–Kier alpha value is -1.96. The van der Waals surface area contributed by atoms with Crippen LogP contribution in [-0.4, -0.2) is 0 Å². The molecule has 0 aliphatic heterocycles. The molecular weight excluding hydrogens is 208 g/mol. The van der Waals surface area contributed by atoms with Gasteiger partial charge in [-0.05, 0) is 36.2 Å². The van der Waals surface area contributed by atoms with Crippen LogP contribution in [0.4, 0.5) is 17.1 Å². The third-order valence-electron chi connectivity index (χ3n) is 2.70. The molecule has 2 heteroatoms. The number of benzene rings is 2. The smallest absolute Gasteiger partial charge is 0.0416 e. The van der Waals surface area contributed by atoms with Gasteiger partial charge in [0.25, 0.3) is 0 Å². The number of para-hydroxylation sites is 1. The molecule has 2 rings (SSSR count). The molecule has 0 aromatic heterocycles. The van der Waals surface area contributed by atoms with E-state index in [4.69, 9.17) is 5.73 Å². The van der Waals surface area contributed by atoms with E-state index in [1.165, 1.54) is 11.3 Å². The first-order valence-corrected chi connectivity index (χ1v) is 6.00. The predicted molar refractivity (Wildman–Crippen MR) is 74.6 cm³/mol.